The number of allylic oxidation sites excluding steroid dienone is 2. The van der Waals surface area contributed by atoms with Crippen LogP contribution in [0.15, 0.2) is 48.7 Å². The Bertz CT molecular complexity index is 1400. The topological polar surface area (TPSA) is 97.1 Å². The Morgan fingerprint density at radius 1 is 1.18 bits per heavy atom. The highest BCUT2D eigenvalue weighted by Crippen LogP contribution is 2.37. The summed E-state index contributed by atoms with van der Waals surface area (Å²) in [5, 5.41) is 20.7. The maximum absolute atomic E-state index is 13.3. The van der Waals surface area contributed by atoms with Gasteiger partial charge < -0.3 is 9.64 Å². The summed E-state index contributed by atoms with van der Waals surface area (Å²) >= 11 is 12.7. The molecular weight excluding hydrogens is 527 g/mol. The van der Waals surface area contributed by atoms with Gasteiger partial charge in [0.1, 0.15) is 17.4 Å². The summed E-state index contributed by atoms with van der Waals surface area (Å²) in [6.07, 6.45) is 5.81. The molecule has 1 N–H and O–H groups in total. The van der Waals surface area contributed by atoms with E-state index in [0.29, 0.717) is 35.0 Å². The summed E-state index contributed by atoms with van der Waals surface area (Å²) < 4.78 is 5.88. The van der Waals surface area contributed by atoms with Crippen molar-refractivity contribution in [2.75, 3.05) is 18.1 Å². The van der Waals surface area contributed by atoms with Crippen molar-refractivity contribution in [3.8, 4) is 11.8 Å². The zero-order valence-electron chi connectivity index (χ0n) is 21.5. The minimum absolute atomic E-state index is 0.150. The van der Waals surface area contributed by atoms with Crippen LogP contribution in [0.4, 0.5) is 10.5 Å². The molecule has 2 heterocycles. The number of hydrogen-bond donors (Lipinski definition) is 1. The Morgan fingerprint density at radius 3 is 2.58 bits per heavy atom. The zero-order chi connectivity index (χ0) is 27.8. The Hall–Kier alpha value is -3.51. The van der Waals surface area contributed by atoms with E-state index in [9.17, 15) is 20.1 Å². The standard InChI is InChI=1S/C28H28Cl2N4O4/c1-17-14-20(10-12-33(17)37)19-7-9-24(22(29)15-19)38-13-5-11-32-27(36)34(26(35)28(32,3)4)23-8-6-21(16-31)25(30)18(23)2/h6-10,12,14-15,17,37H,5,11,13H2,1-4H3. The number of carbonyl (C=O) groups is 2. The lowest BCUT2D eigenvalue weighted by atomic mass is 10.0. The first kappa shape index (κ1) is 27.5. The van der Waals surface area contributed by atoms with Crippen LogP contribution in [0.2, 0.25) is 10.0 Å². The summed E-state index contributed by atoms with van der Waals surface area (Å²) in [4.78, 5) is 29.2. The van der Waals surface area contributed by atoms with Crippen LogP contribution < -0.4 is 9.64 Å². The van der Waals surface area contributed by atoms with Gasteiger partial charge in [0, 0.05) is 12.7 Å². The molecule has 2 aliphatic rings. The van der Waals surface area contributed by atoms with Crippen molar-refractivity contribution in [2.45, 2.75) is 45.7 Å². The molecule has 0 saturated carbocycles. The number of ether oxygens (including phenoxy) is 1. The van der Waals surface area contributed by atoms with Gasteiger partial charge in [-0.3, -0.25) is 15.1 Å². The molecule has 4 rings (SSSR count). The summed E-state index contributed by atoms with van der Waals surface area (Å²) in [6.45, 7) is 7.54. The smallest absolute Gasteiger partial charge is 0.332 e. The van der Waals surface area contributed by atoms with Crippen LogP contribution in [0.3, 0.4) is 0 Å². The van der Waals surface area contributed by atoms with Gasteiger partial charge in [0.25, 0.3) is 5.91 Å². The van der Waals surface area contributed by atoms with Crippen molar-refractivity contribution in [1.82, 2.24) is 9.96 Å². The van der Waals surface area contributed by atoms with E-state index in [2.05, 4.69) is 0 Å². The number of anilines is 1. The van der Waals surface area contributed by atoms with Crippen LogP contribution in [-0.2, 0) is 4.79 Å². The second-order valence-corrected chi connectivity index (χ2v) is 10.5. The number of rotatable bonds is 7. The van der Waals surface area contributed by atoms with Gasteiger partial charge in [-0.25, -0.2) is 9.69 Å². The van der Waals surface area contributed by atoms with Gasteiger partial charge >= 0.3 is 6.03 Å². The first-order chi connectivity index (χ1) is 18.0. The fourth-order valence-corrected chi connectivity index (χ4v) is 4.94. The van der Waals surface area contributed by atoms with E-state index >= 15 is 0 Å². The van der Waals surface area contributed by atoms with Gasteiger partial charge in [-0.2, -0.15) is 5.26 Å². The molecular formula is C28H28Cl2N4O4. The third-order valence-electron chi connectivity index (χ3n) is 6.84. The largest absolute Gasteiger partial charge is 0.492 e. The maximum Gasteiger partial charge on any atom is 0.332 e. The normalized spacial score (nSPS) is 18.6. The van der Waals surface area contributed by atoms with Crippen LogP contribution in [0, 0.1) is 18.3 Å². The minimum Gasteiger partial charge on any atom is -0.492 e. The second-order valence-electron chi connectivity index (χ2n) is 9.72. The highest BCUT2D eigenvalue weighted by molar-refractivity contribution is 6.33. The first-order valence-corrected chi connectivity index (χ1v) is 12.9. The molecule has 10 heteroatoms. The average molecular weight is 555 g/mol. The molecule has 0 radical (unpaired) electrons. The zero-order valence-corrected chi connectivity index (χ0v) is 23.0. The Balaban J connectivity index is 1.41. The van der Waals surface area contributed by atoms with Gasteiger partial charge in [0.15, 0.2) is 0 Å². The highest BCUT2D eigenvalue weighted by atomic mass is 35.5. The van der Waals surface area contributed by atoms with E-state index in [4.69, 9.17) is 27.9 Å². The summed E-state index contributed by atoms with van der Waals surface area (Å²) in [7, 11) is 0. The fourth-order valence-electron chi connectivity index (χ4n) is 4.51. The average Bonchev–Trinajstić information content (AvgIpc) is 3.04. The summed E-state index contributed by atoms with van der Waals surface area (Å²) in [5.41, 5.74) is 1.93. The number of amides is 3. The van der Waals surface area contributed by atoms with Crippen molar-refractivity contribution in [3.05, 3.63) is 75.4 Å². The molecule has 0 aliphatic carbocycles. The molecule has 1 fully saturated rings. The molecule has 2 aromatic rings. The monoisotopic (exact) mass is 554 g/mol. The van der Waals surface area contributed by atoms with Crippen LogP contribution in [0.25, 0.3) is 5.57 Å². The summed E-state index contributed by atoms with van der Waals surface area (Å²) in [6, 6.07) is 9.98. The van der Waals surface area contributed by atoms with Crippen molar-refractivity contribution in [2.24, 2.45) is 0 Å². The molecule has 2 aromatic carbocycles. The molecule has 38 heavy (non-hydrogen) atoms. The Kier molecular flexibility index (Phi) is 7.75. The lowest BCUT2D eigenvalue weighted by Crippen LogP contribution is -2.44. The van der Waals surface area contributed by atoms with Gasteiger partial charge in [0.05, 0.1) is 33.9 Å². The van der Waals surface area contributed by atoms with E-state index in [1.807, 2.05) is 31.2 Å². The number of nitrogens with zero attached hydrogens (tertiary/aromatic N) is 4. The number of imide groups is 1. The molecule has 1 unspecified atom stereocenters. The number of benzene rings is 2. The second kappa shape index (κ2) is 10.7. The number of hydrogen-bond acceptors (Lipinski definition) is 6. The molecule has 0 aromatic heterocycles. The first-order valence-electron chi connectivity index (χ1n) is 12.1. The number of urea groups is 1. The number of hydroxylamine groups is 2. The van der Waals surface area contributed by atoms with E-state index in [1.54, 1.807) is 45.2 Å². The summed E-state index contributed by atoms with van der Waals surface area (Å²) in [5.74, 6) is 0.149. The van der Waals surface area contributed by atoms with Crippen LogP contribution in [-0.4, -0.2) is 51.8 Å². The van der Waals surface area contributed by atoms with Crippen molar-refractivity contribution >= 4 is 46.4 Å². The molecule has 1 atom stereocenters. The molecule has 3 amide bonds. The molecule has 0 spiro atoms. The van der Waals surface area contributed by atoms with Crippen molar-refractivity contribution < 1.29 is 19.5 Å². The van der Waals surface area contributed by atoms with Gasteiger partial charge in [0.2, 0.25) is 0 Å². The minimum atomic E-state index is -1.06. The van der Waals surface area contributed by atoms with E-state index in [0.717, 1.165) is 21.1 Å². The van der Waals surface area contributed by atoms with Gasteiger partial charge in [-0.05, 0) is 81.2 Å². The SMILES string of the molecule is Cc1c(N2C(=O)N(CCCOc3ccc(C4=CC(C)N(O)C=C4)cc3Cl)C(C)(C)C2=O)ccc(C#N)c1Cl. The van der Waals surface area contributed by atoms with E-state index in [-0.39, 0.29) is 29.1 Å². The lowest BCUT2D eigenvalue weighted by molar-refractivity contribution is -0.123. The third-order valence-corrected chi connectivity index (χ3v) is 7.62. The molecule has 0 bridgehead atoms. The molecule has 2 aliphatic heterocycles. The van der Waals surface area contributed by atoms with Gasteiger partial charge in [-0.1, -0.05) is 35.3 Å². The van der Waals surface area contributed by atoms with E-state index in [1.165, 1.54) is 11.0 Å². The number of nitriles is 1. The van der Waals surface area contributed by atoms with Crippen LogP contribution in [0.1, 0.15) is 43.9 Å². The van der Waals surface area contributed by atoms with Crippen molar-refractivity contribution in [1.29, 1.82) is 5.26 Å². The number of carbonyl (C=O) groups excluding carboxylic acids is 2. The fraction of sp³-hybridized carbons (Fsp3) is 0.321. The van der Waals surface area contributed by atoms with E-state index < -0.39 is 11.6 Å². The molecule has 8 nitrogen and oxygen atoms in total. The molecule has 1 saturated heterocycles. The lowest BCUT2D eigenvalue weighted by Gasteiger charge is -2.27. The Labute approximate surface area is 231 Å². The van der Waals surface area contributed by atoms with Crippen LogP contribution in [0.5, 0.6) is 5.75 Å². The quantitative estimate of drug-likeness (QED) is 0.324. The number of halogens is 2. The highest BCUT2D eigenvalue weighted by Gasteiger charge is 2.51. The maximum atomic E-state index is 13.3. The van der Waals surface area contributed by atoms with Gasteiger partial charge in [-0.15, -0.1) is 0 Å². The predicted octanol–water partition coefficient (Wildman–Crippen LogP) is 6.18. The predicted molar refractivity (Wildman–Crippen MR) is 146 cm³/mol. The van der Waals surface area contributed by atoms with Crippen molar-refractivity contribution in [3.63, 3.8) is 0 Å². The Morgan fingerprint density at radius 2 is 1.92 bits per heavy atom. The molecule has 198 valence electrons. The third kappa shape index (κ3) is 4.97. The van der Waals surface area contributed by atoms with Crippen LogP contribution >= 0.6 is 23.2 Å².